The molecule has 0 amide bonds. The van der Waals surface area contributed by atoms with Crippen LogP contribution in [0.25, 0.3) is 10.9 Å². The van der Waals surface area contributed by atoms with E-state index in [1.54, 1.807) is 24.4 Å². The van der Waals surface area contributed by atoms with Gasteiger partial charge in [0.1, 0.15) is 5.82 Å². The molecular formula is C15H10ClFN2S. The SMILES string of the molecule is Nc1cc(F)c(Sc2ccc(Cl)cc2)c2ncccc12. The van der Waals surface area contributed by atoms with Gasteiger partial charge in [-0.05, 0) is 42.5 Å². The molecule has 20 heavy (non-hydrogen) atoms. The molecule has 100 valence electrons. The maximum absolute atomic E-state index is 14.2. The van der Waals surface area contributed by atoms with Gasteiger partial charge in [0.05, 0.1) is 10.4 Å². The van der Waals surface area contributed by atoms with Crippen molar-refractivity contribution < 1.29 is 4.39 Å². The first kappa shape index (κ1) is 13.2. The number of hydrogen-bond donors (Lipinski definition) is 1. The molecule has 0 aliphatic rings. The largest absolute Gasteiger partial charge is 0.398 e. The van der Waals surface area contributed by atoms with Crippen molar-refractivity contribution >= 4 is 40.0 Å². The molecule has 0 radical (unpaired) electrons. The Balaban J connectivity index is 2.13. The Morgan fingerprint density at radius 3 is 2.65 bits per heavy atom. The number of fused-ring (bicyclic) bond motifs is 1. The Labute approximate surface area is 124 Å². The number of benzene rings is 2. The third-order valence-corrected chi connectivity index (χ3v) is 4.22. The molecule has 3 aromatic rings. The van der Waals surface area contributed by atoms with E-state index in [0.717, 1.165) is 10.3 Å². The van der Waals surface area contributed by atoms with Crippen molar-refractivity contribution in [3.8, 4) is 0 Å². The summed E-state index contributed by atoms with van der Waals surface area (Å²) in [5.41, 5.74) is 6.80. The smallest absolute Gasteiger partial charge is 0.141 e. The van der Waals surface area contributed by atoms with Crippen molar-refractivity contribution in [3.05, 3.63) is 59.5 Å². The Bertz CT molecular complexity index is 775. The predicted molar refractivity (Wildman–Crippen MR) is 81.7 cm³/mol. The lowest BCUT2D eigenvalue weighted by Crippen LogP contribution is -1.94. The number of nitrogen functional groups attached to an aromatic ring is 1. The molecule has 2 nitrogen and oxygen atoms in total. The van der Waals surface area contributed by atoms with E-state index in [9.17, 15) is 4.39 Å². The monoisotopic (exact) mass is 304 g/mol. The van der Waals surface area contributed by atoms with E-state index >= 15 is 0 Å². The van der Waals surface area contributed by atoms with Crippen LogP contribution in [0.5, 0.6) is 0 Å². The number of nitrogens with zero attached hydrogens (tertiary/aromatic N) is 1. The summed E-state index contributed by atoms with van der Waals surface area (Å²) in [6.45, 7) is 0. The van der Waals surface area contributed by atoms with Crippen LogP contribution in [-0.4, -0.2) is 4.98 Å². The molecule has 0 spiro atoms. The minimum atomic E-state index is -0.367. The fraction of sp³-hybridized carbons (Fsp3) is 0. The first-order valence-corrected chi connectivity index (χ1v) is 7.11. The van der Waals surface area contributed by atoms with Crippen LogP contribution in [-0.2, 0) is 0 Å². The molecule has 0 atom stereocenters. The third-order valence-electron chi connectivity index (χ3n) is 2.87. The number of anilines is 1. The predicted octanol–water partition coefficient (Wildman–Crippen LogP) is 4.76. The van der Waals surface area contributed by atoms with Crippen molar-refractivity contribution in [2.24, 2.45) is 0 Å². The second-order valence-electron chi connectivity index (χ2n) is 4.23. The molecule has 5 heteroatoms. The molecule has 0 fully saturated rings. The summed E-state index contributed by atoms with van der Waals surface area (Å²) in [5, 5.41) is 1.40. The van der Waals surface area contributed by atoms with Crippen LogP contribution in [0, 0.1) is 5.82 Å². The van der Waals surface area contributed by atoms with Gasteiger partial charge in [-0.3, -0.25) is 4.98 Å². The van der Waals surface area contributed by atoms with Gasteiger partial charge in [0.15, 0.2) is 0 Å². The average molecular weight is 305 g/mol. The van der Waals surface area contributed by atoms with E-state index in [4.69, 9.17) is 17.3 Å². The molecule has 2 N–H and O–H groups in total. The number of hydrogen-bond acceptors (Lipinski definition) is 3. The van der Waals surface area contributed by atoms with Crippen molar-refractivity contribution in [1.29, 1.82) is 0 Å². The van der Waals surface area contributed by atoms with E-state index < -0.39 is 0 Å². The molecule has 1 aromatic heterocycles. The Kier molecular flexibility index (Phi) is 3.51. The Hall–Kier alpha value is -1.78. The highest BCUT2D eigenvalue weighted by molar-refractivity contribution is 7.99. The van der Waals surface area contributed by atoms with E-state index in [1.165, 1.54) is 17.8 Å². The van der Waals surface area contributed by atoms with Gasteiger partial charge in [-0.15, -0.1) is 0 Å². The molecule has 0 aliphatic heterocycles. The van der Waals surface area contributed by atoms with Crippen molar-refractivity contribution in [1.82, 2.24) is 4.98 Å². The second-order valence-corrected chi connectivity index (χ2v) is 5.75. The summed E-state index contributed by atoms with van der Waals surface area (Å²) in [5.74, 6) is -0.367. The third kappa shape index (κ3) is 2.44. The van der Waals surface area contributed by atoms with Gasteiger partial charge in [-0.1, -0.05) is 23.4 Å². The van der Waals surface area contributed by atoms with E-state index in [1.807, 2.05) is 18.2 Å². The summed E-state index contributed by atoms with van der Waals surface area (Å²) < 4.78 is 14.2. The summed E-state index contributed by atoms with van der Waals surface area (Å²) >= 11 is 7.16. The van der Waals surface area contributed by atoms with Crippen LogP contribution in [0.4, 0.5) is 10.1 Å². The molecule has 2 aromatic carbocycles. The van der Waals surface area contributed by atoms with Gasteiger partial charge in [0.25, 0.3) is 0 Å². The van der Waals surface area contributed by atoms with Crippen LogP contribution in [0.2, 0.25) is 5.02 Å². The lowest BCUT2D eigenvalue weighted by atomic mass is 10.2. The second kappa shape index (κ2) is 5.31. The quantitative estimate of drug-likeness (QED) is 0.694. The van der Waals surface area contributed by atoms with Crippen molar-refractivity contribution in [3.63, 3.8) is 0 Å². The number of pyridine rings is 1. The van der Waals surface area contributed by atoms with E-state index in [0.29, 0.717) is 21.1 Å². The van der Waals surface area contributed by atoms with E-state index in [2.05, 4.69) is 4.98 Å². The summed E-state index contributed by atoms with van der Waals surface area (Å²) in [6, 6.07) is 12.2. The highest BCUT2D eigenvalue weighted by Gasteiger charge is 2.13. The maximum Gasteiger partial charge on any atom is 0.141 e. The van der Waals surface area contributed by atoms with Crippen molar-refractivity contribution in [2.75, 3.05) is 5.73 Å². The van der Waals surface area contributed by atoms with Gasteiger partial charge in [0.2, 0.25) is 0 Å². The number of rotatable bonds is 2. The van der Waals surface area contributed by atoms with Gasteiger partial charge >= 0.3 is 0 Å². The van der Waals surface area contributed by atoms with Crippen LogP contribution in [0.1, 0.15) is 0 Å². The molecular weight excluding hydrogens is 295 g/mol. The molecule has 0 unspecified atom stereocenters. The average Bonchev–Trinajstić information content (AvgIpc) is 2.45. The lowest BCUT2D eigenvalue weighted by molar-refractivity contribution is 0.605. The minimum absolute atomic E-state index is 0.367. The zero-order valence-electron chi connectivity index (χ0n) is 10.3. The van der Waals surface area contributed by atoms with Gasteiger partial charge in [-0.25, -0.2) is 4.39 Å². The Morgan fingerprint density at radius 1 is 1.15 bits per heavy atom. The molecule has 0 saturated heterocycles. The molecule has 3 rings (SSSR count). The highest BCUT2D eigenvalue weighted by Crippen LogP contribution is 2.37. The molecule has 1 heterocycles. The summed E-state index contributed by atoms with van der Waals surface area (Å²) in [4.78, 5) is 5.61. The molecule has 0 bridgehead atoms. The van der Waals surface area contributed by atoms with Crippen LogP contribution in [0.15, 0.2) is 58.5 Å². The first-order chi connectivity index (χ1) is 9.65. The number of aromatic nitrogens is 1. The fourth-order valence-electron chi connectivity index (χ4n) is 1.93. The maximum atomic E-state index is 14.2. The number of nitrogens with two attached hydrogens (primary N) is 1. The zero-order valence-corrected chi connectivity index (χ0v) is 11.9. The standard InChI is InChI=1S/C15H10ClFN2S/c16-9-3-5-10(6-4-9)20-15-12(17)8-13(18)11-2-1-7-19-14(11)15/h1-8H,18H2. The van der Waals surface area contributed by atoms with Crippen LogP contribution >= 0.6 is 23.4 Å². The van der Waals surface area contributed by atoms with Gasteiger partial charge < -0.3 is 5.73 Å². The van der Waals surface area contributed by atoms with Gasteiger partial charge in [-0.2, -0.15) is 0 Å². The van der Waals surface area contributed by atoms with E-state index in [-0.39, 0.29) is 5.82 Å². The fourth-order valence-corrected chi connectivity index (χ4v) is 2.98. The zero-order chi connectivity index (χ0) is 14.1. The first-order valence-electron chi connectivity index (χ1n) is 5.91. The molecule has 0 saturated carbocycles. The van der Waals surface area contributed by atoms with Crippen molar-refractivity contribution in [2.45, 2.75) is 9.79 Å². The summed E-state index contributed by atoms with van der Waals surface area (Å²) in [7, 11) is 0. The van der Waals surface area contributed by atoms with Crippen LogP contribution < -0.4 is 5.73 Å². The molecule has 0 aliphatic carbocycles. The normalized spacial score (nSPS) is 10.9. The Morgan fingerprint density at radius 2 is 1.90 bits per heavy atom. The number of halogens is 2. The lowest BCUT2D eigenvalue weighted by Gasteiger charge is -2.09. The topological polar surface area (TPSA) is 38.9 Å². The summed E-state index contributed by atoms with van der Waals surface area (Å²) in [6.07, 6.45) is 1.63. The highest BCUT2D eigenvalue weighted by atomic mass is 35.5. The minimum Gasteiger partial charge on any atom is -0.398 e. The van der Waals surface area contributed by atoms with Gasteiger partial charge in [0, 0.05) is 27.2 Å². The van der Waals surface area contributed by atoms with Crippen LogP contribution in [0.3, 0.4) is 0 Å².